The van der Waals surface area contributed by atoms with E-state index in [4.69, 9.17) is 39.9 Å². The summed E-state index contributed by atoms with van der Waals surface area (Å²) in [7, 11) is 0. The zero-order chi connectivity index (χ0) is 45.5. The number of rotatable bonds is 4. The van der Waals surface area contributed by atoms with Gasteiger partial charge >= 0.3 is 19.5 Å². The monoisotopic (exact) mass is 976 g/mol. The number of fused-ring (bicyclic) bond motifs is 20. The number of hydrogen-bond donors (Lipinski definition) is 0. The van der Waals surface area contributed by atoms with Gasteiger partial charge in [-0.1, -0.05) is 194 Å². The van der Waals surface area contributed by atoms with Gasteiger partial charge in [0, 0.05) is 57.3 Å². The van der Waals surface area contributed by atoms with Gasteiger partial charge in [-0.25, -0.2) is 9.97 Å². The van der Waals surface area contributed by atoms with E-state index in [1.165, 1.54) is 0 Å². The van der Waals surface area contributed by atoms with Crippen molar-refractivity contribution in [3.05, 3.63) is 230 Å². The Bertz CT molecular complexity index is 3310. The molecule has 69 heavy (non-hydrogen) atoms. The summed E-state index contributed by atoms with van der Waals surface area (Å²) in [5.74, 6) is 2.21. The van der Waals surface area contributed by atoms with E-state index in [1.54, 1.807) is 0 Å². The first-order chi connectivity index (χ1) is 33.7. The molecule has 0 saturated carbocycles. The number of para-hydroxylation sites is 2. The number of benzene rings is 8. The predicted octanol–water partition coefficient (Wildman–Crippen LogP) is 13.0. The third-order valence-electron chi connectivity index (χ3n) is 11.2. The van der Waals surface area contributed by atoms with Crippen LogP contribution in [0.2, 0.25) is 0 Å². The molecule has 0 N–H and O–H groups in total. The molecule has 10 nitrogen and oxygen atoms in total. The molecule has 0 fully saturated rings. The fourth-order valence-corrected chi connectivity index (χ4v) is 7.86. The number of aliphatic imine (C=N–C) groups is 2. The van der Waals surface area contributed by atoms with E-state index in [9.17, 15) is 0 Å². The third-order valence-corrected chi connectivity index (χ3v) is 11.2. The van der Waals surface area contributed by atoms with Crippen molar-refractivity contribution < 1.29 is 19.5 Å². The van der Waals surface area contributed by atoms with Crippen molar-refractivity contribution in [3.63, 3.8) is 0 Å². The Labute approximate surface area is 410 Å². The first-order valence-corrected chi connectivity index (χ1v) is 22.1. The minimum atomic E-state index is 0. The van der Waals surface area contributed by atoms with E-state index in [0.29, 0.717) is 45.9 Å². The molecule has 8 bridgehead atoms. The second kappa shape index (κ2) is 20.3. The largest absolute Gasteiger partial charge is 2.00 e. The second-order valence-electron chi connectivity index (χ2n) is 15.7. The van der Waals surface area contributed by atoms with Crippen LogP contribution >= 0.6 is 0 Å². The minimum absolute atomic E-state index is 0. The van der Waals surface area contributed by atoms with Gasteiger partial charge in [0.25, 0.3) is 0 Å². The molecule has 2 aliphatic heterocycles. The van der Waals surface area contributed by atoms with Crippen molar-refractivity contribution in [1.82, 2.24) is 39.9 Å². The van der Waals surface area contributed by atoms with Crippen LogP contribution in [0, 0.1) is 0 Å². The summed E-state index contributed by atoms with van der Waals surface area (Å²) in [6, 6.07) is 71.8. The zero-order valence-corrected chi connectivity index (χ0v) is 38.5. The van der Waals surface area contributed by atoms with E-state index in [-0.39, 0.29) is 19.5 Å². The Morgan fingerprint density at radius 2 is 0.522 bits per heavy atom. The Kier molecular flexibility index (Phi) is 12.9. The van der Waals surface area contributed by atoms with Gasteiger partial charge in [-0.2, -0.15) is 0 Å². The smallest absolute Gasteiger partial charge is 0.357 e. The minimum Gasteiger partial charge on any atom is -0.357 e. The van der Waals surface area contributed by atoms with Crippen molar-refractivity contribution in [1.29, 1.82) is 0 Å². The van der Waals surface area contributed by atoms with Gasteiger partial charge in [0.05, 0.1) is 34.7 Å². The average Bonchev–Trinajstić information content (AvgIpc) is 4.15. The molecule has 11 aromatic rings. The summed E-state index contributed by atoms with van der Waals surface area (Å²) in [6.45, 7) is 0. The maximum Gasteiger partial charge on any atom is 2.00 e. The first-order valence-electron chi connectivity index (χ1n) is 22.1. The summed E-state index contributed by atoms with van der Waals surface area (Å²) in [5, 5.41) is 3.57. The molecule has 0 spiro atoms. The van der Waals surface area contributed by atoms with Crippen LogP contribution < -0.4 is 9.97 Å². The van der Waals surface area contributed by atoms with Gasteiger partial charge < -0.3 is 29.9 Å². The van der Waals surface area contributed by atoms with Crippen molar-refractivity contribution in [2.24, 2.45) is 9.98 Å². The third kappa shape index (κ3) is 9.67. The molecular weight excluding hydrogens is 938 g/mol. The average molecular weight is 976 g/mol. The molecule has 328 valence electrons. The van der Waals surface area contributed by atoms with Crippen LogP contribution in [-0.2, 0) is 19.5 Å². The van der Waals surface area contributed by atoms with Crippen molar-refractivity contribution in [3.8, 4) is 45.6 Å². The molecule has 0 saturated heterocycles. The number of nitrogens with zero attached hydrogens (tertiary/aromatic N) is 10. The molecule has 8 aromatic carbocycles. The van der Waals surface area contributed by atoms with Crippen LogP contribution in [0.4, 0.5) is 11.4 Å². The van der Waals surface area contributed by atoms with Gasteiger partial charge in [0.15, 0.2) is 0 Å². The summed E-state index contributed by atoms with van der Waals surface area (Å²) in [6.07, 6.45) is 3.74. The van der Waals surface area contributed by atoms with Crippen LogP contribution in [0.3, 0.4) is 0 Å². The molecule has 0 unspecified atom stereocenters. The molecule has 11 heteroatoms. The van der Waals surface area contributed by atoms with E-state index < -0.39 is 0 Å². The van der Waals surface area contributed by atoms with Gasteiger partial charge in [0.2, 0.25) is 0 Å². The van der Waals surface area contributed by atoms with Gasteiger partial charge in [0.1, 0.15) is 0 Å². The van der Waals surface area contributed by atoms with Gasteiger partial charge in [-0.3, -0.25) is 9.98 Å². The van der Waals surface area contributed by atoms with E-state index >= 15 is 0 Å². The Morgan fingerprint density at radius 3 is 0.812 bits per heavy atom. The van der Waals surface area contributed by atoms with Crippen LogP contribution in [0.5, 0.6) is 0 Å². The van der Waals surface area contributed by atoms with Crippen LogP contribution in [0.15, 0.2) is 228 Å². The molecule has 2 aliphatic rings. The summed E-state index contributed by atoms with van der Waals surface area (Å²) < 4.78 is 0. The maximum absolute atomic E-state index is 4.95. The molecule has 0 aliphatic carbocycles. The standard InChI is InChI=1S/C32H16N8.2C13H11N.Ru/c1-2-10-18-17(9-1)25-33-26(18)38-28-21-13-5-6-14-22(21)30(35-28)40-32-24-16-8-7-15-23(24)31(36-32)39-29-20-12-4-3-11-19(20)27(34-29)37-25;2*1-3-7-12(8-4-1)11-14-13-9-5-2-6-10-13;/h1-16H;2*1-11H;/q-2;;;+2. The fourth-order valence-electron chi connectivity index (χ4n) is 7.86. The van der Waals surface area contributed by atoms with Gasteiger partial charge in [-0.05, 0) is 56.9 Å². The van der Waals surface area contributed by atoms with Crippen LogP contribution in [-0.4, -0.2) is 42.3 Å². The van der Waals surface area contributed by atoms with E-state index in [1.807, 2.05) is 231 Å². The summed E-state index contributed by atoms with van der Waals surface area (Å²) in [5.41, 5.74) is 9.99. The van der Waals surface area contributed by atoms with Crippen molar-refractivity contribution in [2.45, 2.75) is 0 Å². The summed E-state index contributed by atoms with van der Waals surface area (Å²) in [4.78, 5) is 48.0. The first kappa shape index (κ1) is 43.9. The predicted molar refractivity (Wildman–Crippen MR) is 274 cm³/mol. The SMILES string of the molecule is C(=Nc1ccccc1)c1ccccc1.C(=Nc1ccccc1)c1ccccc1.[Ru+2].c1ccc2c(c1)-c1nc-2nc2[n-]c(nc3nc(nc4[n-]c(n1)c1ccccc41)-c1ccccc1-3)c1ccccc21. The van der Waals surface area contributed by atoms with Crippen molar-refractivity contribution >= 4 is 67.9 Å². The Balaban J connectivity index is 0.000000156. The quantitative estimate of drug-likeness (QED) is 0.126. The Hall–Kier alpha value is -8.92. The van der Waals surface area contributed by atoms with Crippen molar-refractivity contribution in [2.75, 3.05) is 0 Å². The fraction of sp³-hybridized carbons (Fsp3) is 0. The molecule has 0 atom stereocenters. The van der Waals surface area contributed by atoms with Crippen LogP contribution in [0.25, 0.3) is 89.7 Å². The molecule has 0 radical (unpaired) electrons. The van der Waals surface area contributed by atoms with Gasteiger partial charge in [-0.15, -0.1) is 0 Å². The molecule has 5 heterocycles. The normalized spacial score (nSPS) is 11.2. The molecule has 0 amide bonds. The van der Waals surface area contributed by atoms with E-state index in [2.05, 4.69) is 9.98 Å². The second-order valence-corrected chi connectivity index (χ2v) is 15.7. The molecule has 3 aromatic heterocycles. The molecule has 13 rings (SSSR count). The Morgan fingerprint density at radius 1 is 0.275 bits per heavy atom. The topological polar surface area (TPSA) is 130 Å². The maximum atomic E-state index is 4.95. The molecular formula is C58H38N10Ru. The van der Waals surface area contributed by atoms with Crippen LogP contribution in [0.1, 0.15) is 11.1 Å². The zero-order valence-electron chi connectivity index (χ0n) is 36.8. The summed E-state index contributed by atoms with van der Waals surface area (Å²) >= 11 is 0. The number of hydrogen-bond acceptors (Lipinski definition) is 8. The van der Waals surface area contributed by atoms with E-state index in [0.717, 1.165) is 66.3 Å². The number of aromatic nitrogens is 8.